The second kappa shape index (κ2) is 8.95. The van der Waals surface area contributed by atoms with E-state index in [0.717, 1.165) is 18.4 Å². The first-order valence-electron chi connectivity index (χ1n) is 6.86. The maximum atomic E-state index is 12.2. The van der Waals surface area contributed by atoms with Crippen molar-refractivity contribution in [2.75, 3.05) is 7.05 Å². The van der Waals surface area contributed by atoms with Crippen LogP contribution in [0.15, 0.2) is 29.5 Å². The number of nitroso groups, excluding NO2 is 1. The van der Waals surface area contributed by atoms with Crippen molar-refractivity contribution in [2.24, 2.45) is 5.18 Å². The van der Waals surface area contributed by atoms with Crippen LogP contribution in [0.4, 0.5) is 0 Å². The van der Waals surface area contributed by atoms with Gasteiger partial charge < -0.3 is 0 Å². The molecule has 0 unspecified atom stereocenters. The Morgan fingerprint density at radius 3 is 2.19 bits per heavy atom. The fourth-order valence-corrected chi connectivity index (χ4v) is 2.10. The van der Waals surface area contributed by atoms with E-state index in [1.807, 2.05) is 19.9 Å². The Morgan fingerprint density at radius 1 is 1.24 bits per heavy atom. The number of hydrogen-bond donors (Lipinski definition) is 0. The zero-order valence-corrected chi connectivity index (χ0v) is 13.4. The molecule has 0 amide bonds. The second-order valence-electron chi connectivity index (χ2n) is 4.83. The van der Waals surface area contributed by atoms with Crippen LogP contribution in [0.1, 0.15) is 47.3 Å². The standard InChI is InChI=1S/C16H20O2.CH3NO/c1-6-7-14-10(2)8-9-15(12(14)4)16(18)11(3)13(5)17;1-2-3/h8-9H,3,6-7H2,1-2,4-5H3;1H3. The Hall–Kier alpha value is -2.10. The predicted octanol–water partition coefficient (Wildman–Crippen LogP) is 3.97. The van der Waals surface area contributed by atoms with Crippen LogP contribution in [0.3, 0.4) is 0 Å². The van der Waals surface area contributed by atoms with Crippen molar-refractivity contribution in [2.45, 2.75) is 40.5 Å². The molecule has 0 atom stereocenters. The molecule has 0 radical (unpaired) electrons. The van der Waals surface area contributed by atoms with E-state index in [0.29, 0.717) is 5.56 Å². The van der Waals surface area contributed by atoms with Crippen LogP contribution in [0.2, 0.25) is 0 Å². The van der Waals surface area contributed by atoms with Crippen molar-refractivity contribution in [3.63, 3.8) is 0 Å². The molecule has 1 aromatic carbocycles. The van der Waals surface area contributed by atoms with Gasteiger partial charge in [-0.15, -0.1) is 0 Å². The highest BCUT2D eigenvalue weighted by Gasteiger charge is 2.18. The normalized spacial score (nSPS) is 9.38. The summed E-state index contributed by atoms with van der Waals surface area (Å²) in [5.41, 5.74) is 4.04. The fourth-order valence-electron chi connectivity index (χ4n) is 2.10. The molecule has 0 spiro atoms. The van der Waals surface area contributed by atoms with Crippen molar-refractivity contribution >= 4 is 11.6 Å². The SMILES string of the molecule is C=C(C(C)=O)C(=O)c1ccc(C)c(CCC)c1C.CN=O. The Labute approximate surface area is 126 Å². The maximum Gasteiger partial charge on any atom is 0.196 e. The Morgan fingerprint density at radius 2 is 1.76 bits per heavy atom. The first-order chi connectivity index (χ1) is 9.81. The summed E-state index contributed by atoms with van der Waals surface area (Å²) in [5.74, 6) is -0.519. The molecule has 4 heteroatoms. The predicted molar refractivity (Wildman–Crippen MR) is 85.8 cm³/mol. The Bertz CT molecular complexity index is 559. The van der Waals surface area contributed by atoms with Gasteiger partial charge in [-0.05, 0) is 43.9 Å². The number of Topliss-reactive ketones (excluding diaryl/α,β-unsaturated/α-hetero) is 2. The van der Waals surface area contributed by atoms with Crippen molar-refractivity contribution < 1.29 is 9.59 Å². The highest BCUT2D eigenvalue weighted by Crippen LogP contribution is 2.22. The Balaban J connectivity index is 0.00000122. The second-order valence-corrected chi connectivity index (χ2v) is 4.83. The zero-order chi connectivity index (χ0) is 16.6. The lowest BCUT2D eigenvalue weighted by Gasteiger charge is -2.13. The molecular weight excluding hydrogens is 266 g/mol. The average molecular weight is 289 g/mol. The minimum absolute atomic E-state index is 0.0596. The molecule has 0 aliphatic carbocycles. The molecule has 0 aromatic heterocycles. The van der Waals surface area contributed by atoms with Gasteiger partial charge in [0.15, 0.2) is 11.6 Å². The first kappa shape index (κ1) is 18.9. The van der Waals surface area contributed by atoms with E-state index in [9.17, 15) is 9.59 Å². The first-order valence-corrected chi connectivity index (χ1v) is 6.86. The maximum absolute atomic E-state index is 12.2. The lowest BCUT2D eigenvalue weighted by atomic mass is 9.90. The zero-order valence-electron chi connectivity index (χ0n) is 13.4. The van der Waals surface area contributed by atoms with Crippen LogP contribution < -0.4 is 0 Å². The summed E-state index contributed by atoms with van der Waals surface area (Å²) >= 11 is 0. The number of carbonyl (C=O) groups is 2. The summed E-state index contributed by atoms with van der Waals surface area (Å²) in [6.07, 6.45) is 1.98. The summed E-state index contributed by atoms with van der Waals surface area (Å²) in [7, 11) is 1.19. The quantitative estimate of drug-likeness (QED) is 0.271. The third kappa shape index (κ3) is 5.06. The fraction of sp³-hybridized carbons (Fsp3) is 0.412. The van der Waals surface area contributed by atoms with E-state index in [2.05, 4.69) is 18.7 Å². The third-order valence-corrected chi connectivity index (χ3v) is 3.28. The van der Waals surface area contributed by atoms with Gasteiger partial charge in [-0.2, -0.15) is 4.91 Å². The van der Waals surface area contributed by atoms with Gasteiger partial charge in [0.05, 0.1) is 12.6 Å². The number of ketones is 2. The number of nitrogens with zero attached hydrogens (tertiary/aromatic N) is 1. The van der Waals surface area contributed by atoms with Crippen molar-refractivity contribution in [3.05, 3.63) is 51.4 Å². The summed E-state index contributed by atoms with van der Waals surface area (Å²) in [5, 5.41) is 2.25. The minimum atomic E-state index is -0.267. The summed E-state index contributed by atoms with van der Waals surface area (Å²) in [6, 6.07) is 3.74. The lowest BCUT2D eigenvalue weighted by molar-refractivity contribution is -0.113. The summed E-state index contributed by atoms with van der Waals surface area (Å²) in [6.45, 7) is 11.0. The van der Waals surface area contributed by atoms with Crippen LogP contribution in [0.5, 0.6) is 0 Å². The number of carbonyl (C=O) groups excluding carboxylic acids is 2. The highest BCUT2D eigenvalue weighted by atomic mass is 16.2. The molecule has 1 aromatic rings. The van der Waals surface area contributed by atoms with Crippen molar-refractivity contribution in [1.29, 1.82) is 0 Å². The van der Waals surface area contributed by atoms with E-state index in [1.165, 1.54) is 25.1 Å². The van der Waals surface area contributed by atoms with Gasteiger partial charge in [-0.25, -0.2) is 0 Å². The molecule has 0 fully saturated rings. The molecule has 0 heterocycles. The molecule has 0 saturated carbocycles. The molecule has 0 aliphatic rings. The Kier molecular flexibility index (Phi) is 8.06. The number of rotatable bonds is 5. The molecule has 21 heavy (non-hydrogen) atoms. The topological polar surface area (TPSA) is 63.6 Å². The van der Waals surface area contributed by atoms with E-state index in [1.54, 1.807) is 6.07 Å². The largest absolute Gasteiger partial charge is 0.294 e. The van der Waals surface area contributed by atoms with E-state index < -0.39 is 0 Å². The van der Waals surface area contributed by atoms with Crippen LogP contribution in [-0.2, 0) is 11.2 Å². The number of hydrogen-bond acceptors (Lipinski definition) is 4. The molecule has 0 aliphatic heterocycles. The monoisotopic (exact) mass is 289 g/mol. The van der Waals surface area contributed by atoms with E-state index >= 15 is 0 Å². The van der Waals surface area contributed by atoms with Crippen molar-refractivity contribution in [3.8, 4) is 0 Å². The van der Waals surface area contributed by atoms with Gasteiger partial charge in [0.1, 0.15) is 0 Å². The van der Waals surface area contributed by atoms with Gasteiger partial charge in [-0.1, -0.05) is 37.2 Å². The summed E-state index contributed by atoms with van der Waals surface area (Å²) in [4.78, 5) is 31.9. The smallest absolute Gasteiger partial charge is 0.196 e. The number of allylic oxidation sites excluding steroid dienone is 1. The van der Waals surface area contributed by atoms with Crippen LogP contribution >= 0.6 is 0 Å². The summed E-state index contributed by atoms with van der Waals surface area (Å²) < 4.78 is 0. The number of aryl methyl sites for hydroxylation is 1. The molecule has 114 valence electrons. The van der Waals surface area contributed by atoms with Gasteiger partial charge in [0, 0.05) is 5.56 Å². The van der Waals surface area contributed by atoms with Gasteiger partial charge in [-0.3, -0.25) is 9.59 Å². The van der Waals surface area contributed by atoms with Crippen LogP contribution in [0, 0.1) is 18.8 Å². The number of benzene rings is 1. The molecule has 0 bridgehead atoms. The van der Waals surface area contributed by atoms with Crippen LogP contribution in [-0.4, -0.2) is 18.6 Å². The van der Waals surface area contributed by atoms with Gasteiger partial charge >= 0.3 is 0 Å². The van der Waals surface area contributed by atoms with E-state index in [-0.39, 0.29) is 17.1 Å². The third-order valence-electron chi connectivity index (χ3n) is 3.28. The average Bonchev–Trinajstić information content (AvgIpc) is 2.42. The molecule has 0 saturated heterocycles. The lowest BCUT2D eigenvalue weighted by Crippen LogP contribution is -2.12. The molecular formula is C17H23NO3. The molecule has 0 N–H and O–H groups in total. The van der Waals surface area contributed by atoms with Crippen molar-refractivity contribution in [1.82, 2.24) is 0 Å². The van der Waals surface area contributed by atoms with Gasteiger partial charge in [0.2, 0.25) is 0 Å². The molecule has 1 rings (SSSR count). The van der Waals surface area contributed by atoms with E-state index in [4.69, 9.17) is 4.91 Å². The molecule has 4 nitrogen and oxygen atoms in total. The minimum Gasteiger partial charge on any atom is -0.294 e. The van der Waals surface area contributed by atoms with Gasteiger partial charge in [0.25, 0.3) is 0 Å². The van der Waals surface area contributed by atoms with Crippen LogP contribution in [0.25, 0.3) is 0 Å². The highest BCUT2D eigenvalue weighted by molar-refractivity contribution is 6.25.